The summed E-state index contributed by atoms with van der Waals surface area (Å²) in [7, 11) is 0. The van der Waals surface area contributed by atoms with Gasteiger partial charge in [0.25, 0.3) is 0 Å². The summed E-state index contributed by atoms with van der Waals surface area (Å²) in [4.78, 5) is 18.0. The van der Waals surface area contributed by atoms with Crippen molar-refractivity contribution in [3.8, 4) is 0 Å². The summed E-state index contributed by atoms with van der Waals surface area (Å²) < 4.78 is 18.7. The van der Waals surface area contributed by atoms with Crippen molar-refractivity contribution in [2.75, 3.05) is 24.5 Å². The van der Waals surface area contributed by atoms with Crippen LogP contribution in [0.3, 0.4) is 0 Å². The van der Waals surface area contributed by atoms with E-state index in [4.69, 9.17) is 10.5 Å². The molecule has 134 valence electrons. The number of carbonyl (C=O) groups is 1. The van der Waals surface area contributed by atoms with E-state index in [1.165, 1.54) is 12.3 Å². The molecular weight excluding hydrogens is 311 g/mol. The topological polar surface area (TPSA) is 80.5 Å². The summed E-state index contributed by atoms with van der Waals surface area (Å²) in [6.07, 6.45) is 1.73. The molecular formula is C17H27FN4O2. The van der Waals surface area contributed by atoms with Crippen molar-refractivity contribution in [3.05, 3.63) is 23.6 Å². The Balaban J connectivity index is 1.93. The zero-order valence-electron chi connectivity index (χ0n) is 14.8. The van der Waals surface area contributed by atoms with Crippen molar-refractivity contribution in [2.45, 2.75) is 45.8 Å². The number of nitrogens with zero attached hydrogens (tertiary/aromatic N) is 2. The second-order valence-corrected chi connectivity index (χ2v) is 7.34. The highest BCUT2D eigenvalue weighted by Crippen LogP contribution is 2.28. The summed E-state index contributed by atoms with van der Waals surface area (Å²) >= 11 is 0. The van der Waals surface area contributed by atoms with E-state index in [1.54, 1.807) is 0 Å². The van der Waals surface area contributed by atoms with Gasteiger partial charge in [0.05, 0.1) is 6.20 Å². The van der Waals surface area contributed by atoms with Gasteiger partial charge in [-0.25, -0.2) is 14.2 Å². The Kier molecular flexibility index (Phi) is 5.64. The summed E-state index contributed by atoms with van der Waals surface area (Å²) in [5.74, 6) is 0.643. The molecule has 0 spiro atoms. The standard InChI is InChI=1S/C17H27FN4O2/c1-11(19)14-7-13(18)9-20-15(14)22-6-5-12(10-22)8-21-16(23)24-17(2,3)4/h7,9,11-12H,5-6,8,10,19H2,1-4H3,(H,21,23). The highest BCUT2D eigenvalue weighted by Gasteiger charge is 2.27. The molecule has 0 aromatic carbocycles. The van der Waals surface area contributed by atoms with E-state index in [0.29, 0.717) is 18.0 Å². The molecule has 0 saturated carbocycles. The van der Waals surface area contributed by atoms with E-state index in [9.17, 15) is 9.18 Å². The average Bonchev–Trinajstić information content (AvgIpc) is 2.92. The Morgan fingerprint density at radius 1 is 1.58 bits per heavy atom. The van der Waals surface area contributed by atoms with E-state index in [0.717, 1.165) is 25.3 Å². The SMILES string of the molecule is CC(N)c1cc(F)cnc1N1CCC(CNC(=O)OC(C)(C)C)C1. The van der Waals surface area contributed by atoms with Crippen molar-refractivity contribution < 1.29 is 13.9 Å². The minimum atomic E-state index is -0.504. The minimum Gasteiger partial charge on any atom is -0.444 e. The fraction of sp³-hybridized carbons (Fsp3) is 0.647. The van der Waals surface area contributed by atoms with E-state index >= 15 is 0 Å². The molecule has 1 aromatic rings. The van der Waals surface area contributed by atoms with Crippen molar-refractivity contribution in [3.63, 3.8) is 0 Å². The molecule has 0 radical (unpaired) electrons. The maximum absolute atomic E-state index is 13.4. The normalized spacial score (nSPS) is 19.2. The third-order valence-corrected chi connectivity index (χ3v) is 3.87. The predicted molar refractivity (Wildman–Crippen MR) is 91.4 cm³/mol. The summed E-state index contributed by atoms with van der Waals surface area (Å²) in [5.41, 5.74) is 6.14. The third-order valence-electron chi connectivity index (χ3n) is 3.87. The van der Waals surface area contributed by atoms with Gasteiger partial charge in [0, 0.05) is 31.2 Å². The second-order valence-electron chi connectivity index (χ2n) is 7.34. The first-order chi connectivity index (χ1) is 11.2. The predicted octanol–water partition coefficient (Wildman–Crippen LogP) is 2.59. The van der Waals surface area contributed by atoms with Gasteiger partial charge in [-0.3, -0.25) is 0 Å². The number of carbonyl (C=O) groups excluding carboxylic acids is 1. The number of nitrogens with one attached hydrogen (secondary N) is 1. The van der Waals surface area contributed by atoms with Crippen LogP contribution in [-0.4, -0.2) is 36.3 Å². The molecule has 1 aliphatic heterocycles. The molecule has 0 bridgehead atoms. The van der Waals surface area contributed by atoms with Crippen molar-refractivity contribution in [2.24, 2.45) is 11.7 Å². The van der Waals surface area contributed by atoms with E-state index in [2.05, 4.69) is 15.2 Å². The van der Waals surface area contributed by atoms with Crippen LogP contribution in [0.4, 0.5) is 15.0 Å². The van der Waals surface area contributed by atoms with Gasteiger partial charge in [-0.2, -0.15) is 0 Å². The molecule has 2 atom stereocenters. The van der Waals surface area contributed by atoms with Crippen LogP contribution < -0.4 is 16.0 Å². The Labute approximate surface area is 142 Å². The number of ether oxygens (including phenoxy) is 1. The monoisotopic (exact) mass is 338 g/mol. The Morgan fingerprint density at radius 2 is 2.29 bits per heavy atom. The van der Waals surface area contributed by atoms with Gasteiger partial charge >= 0.3 is 6.09 Å². The Hall–Kier alpha value is -1.89. The van der Waals surface area contributed by atoms with Crippen LogP contribution in [0, 0.1) is 11.7 Å². The van der Waals surface area contributed by atoms with Crippen molar-refractivity contribution in [1.29, 1.82) is 0 Å². The van der Waals surface area contributed by atoms with Crippen LogP contribution in [0.25, 0.3) is 0 Å². The number of aromatic nitrogens is 1. The first kappa shape index (κ1) is 18.4. The number of hydrogen-bond acceptors (Lipinski definition) is 5. The van der Waals surface area contributed by atoms with E-state index < -0.39 is 11.7 Å². The molecule has 2 rings (SSSR count). The number of halogens is 1. The molecule has 1 amide bonds. The number of rotatable bonds is 4. The molecule has 1 saturated heterocycles. The maximum atomic E-state index is 13.4. The lowest BCUT2D eigenvalue weighted by atomic mass is 10.1. The quantitative estimate of drug-likeness (QED) is 0.882. The molecule has 7 heteroatoms. The zero-order valence-corrected chi connectivity index (χ0v) is 14.8. The first-order valence-corrected chi connectivity index (χ1v) is 8.28. The van der Waals surface area contributed by atoms with Crippen LogP contribution in [0.1, 0.15) is 45.7 Å². The molecule has 1 fully saturated rings. The summed E-state index contributed by atoms with van der Waals surface area (Å²) in [5, 5.41) is 2.81. The number of nitrogens with two attached hydrogens (primary N) is 1. The van der Waals surface area contributed by atoms with Gasteiger partial charge in [-0.15, -0.1) is 0 Å². The van der Waals surface area contributed by atoms with E-state index in [1.807, 2.05) is 27.7 Å². The fourth-order valence-electron chi connectivity index (χ4n) is 2.78. The van der Waals surface area contributed by atoms with Gasteiger partial charge in [0.1, 0.15) is 17.2 Å². The lowest BCUT2D eigenvalue weighted by molar-refractivity contribution is 0.0520. The van der Waals surface area contributed by atoms with Gasteiger partial charge in [-0.05, 0) is 46.1 Å². The second kappa shape index (κ2) is 7.34. The van der Waals surface area contributed by atoms with Gasteiger partial charge in [-0.1, -0.05) is 0 Å². The number of hydrogen-bond donors (Lipinski definition) is 2. The van der Waals surface area contributed by atoms with Gasteiger partial charge in [0.15, 0.2) is 0 Å². The van der Waals surface area contributed by atoms with Crippen LogP contribution in [0.5, 0.6) is 0 Å². The average molecular weight is 338 g/mol. The molecule has 24 heavy (non-hydrogen) atoms. The minimum absolute atomic E-state index is 0.290. The smallest absolute Gasteiger partial charge is 0.407 e. The Morgan fingerprint density at radius 3 is 2.92 bits per heavy atom. The molecule has 3 N–H and O–H groups in total. The molecule has 1 aromatic heterocycles. The molecule has 6 nitrogen and oxygen atoms in total. The zero-order chi connectivity index (χ0) is 17.9. The summed E-state index contributed by atoms with van der Waals surface area (Å²) in [6, 6.07) is 1.15. The highest BCUT2D eigenvalue weighted by molar-refractivity contribution is 5.67. The van der Waals surface area contributed by atoms with E-state index in [-0.39, 0.29) is 11.9 Å². The Bertz CT molecular complexity index is 586. The third kappa shape index (κ3) is 5.06. The molecule has 1 aliphatic rings. The van der Waals surface area contributed by atoms with Gasteiger partial charge in [0.2, 0.25) is 0 Å². The van der Waals surface area contributed by atoms with Crippen molar-refractivity contribution in [1.82, 2.24) is 10.3 Å². The van der Waals surface area contributed by atoms with Crippen LogP contribution in [0.15, 0.2) is 12.3 Å². The molecule has 2 heterocycles. The van der Waals surface area contributed by atoms with Crippen LogP contribution in [-0.2, 0) is 4.74 Å². The summed E-state index contributed by atoms with van der Waals surface area (Å²) in [6.45, 7) is 9.41. The molecule has 2 unspecified atom stereocenters. The highest BCUT2D eigenvalue weighted by atomic mass is 19.1. The largest absolute Gasteiger partial charge is 0.444 e. The van der Waals surface area contributed by atoms with Gasteiger partial charge < -0.3 is 20.7 Å². The van der Waals surface area contributed by atoms with Crippen LogP contribution in [0.2, 0.25) is 0 Å². The molecule has 0 aliphatic carbocycles. The number of pyridine rings is 1. The fourth-order valence-corrected chi connectivity index (χ4v) is 2.78. The first-order valence-electron chi connectivity index (χ1n) is 8.28. The van der Waals surface area contributed by atoms with Crippen LogP contribution >= 0.6 is 0 Å². The lowest BCUT2D eigenvalue weighted by Gasteiger charge is -2.23. The maximum Gasteiger partial charge on any atom is 0.407 e. The van der Waals surface area contributed by atoms with Crippen molar-refractivity contribution >= 4 is 11.9 Å². The number of alkyl carbamates (subject to hydrolysis) is 1. The number of anilines is 1. The lowest BCUT2D eigenvalue weighted by Crippen LogP contribution is -2.36. The number of amides is 1.